The first-order valence-electron chi connectivity index (χ1n) is 6.37. The van der Waals surface area contributed by atoms with Crippen LogP contribution >= 0.6 is 0 Å². The second-order valence-electron chi connectivity index (χ2n) is 5.77. The molecule has 1 atom stereocenters. The lowest BCUT2D eigenvalue weighted by Gasteiger charge is -2.30. The third-order valence-corrected chi connectivity index (χ3v) is 2.84. The number of aromatic nitrogens is 1. The van der Waals surface area contributed by atoms with Gasteiger partial charge in [-0.2, -0.15) is 0 Å². The number of amides is 2. The Hall–Kier alpha value is -2.05. The van der Waals surface area contributed by atoms with Gasteiger partial charge >= 0.3 is 12.0 Å². The first kappa shape index (κ1) is 16.0. The maximum absolute atomic E-state index is 11.8. The summed E-state index contributed by atoms with van der Waals surface area (Å²) in [5, 5.41) is 17.9. The normalized spacial score (nSPS) is 12.8. The van der Waals surface area contributed by atoms with Gasteiger partial charge in [-0.1, -0.05) is 25.9 Å². The Labute approximate surface area is 117 Å². The van der Waals surface area contributed by atoms with Crippen LogP contribution in [0.1, 0.15) is 38.6 Å². The molecule has 1 rings (SSSR count). The molecule has 0 spiro atoms. The maximum Gasteiger partial charge on any atom is 0.315 e. The molecule has 3 N–H and O–H groups in total. The predicted octanol–water partition coefficient (Wildman–Crippen LogP) is 1.67. The van der Waals surface area contributed by atoms with Gasteiger partial charge in [0.05, 0.1) is 13.0 Å². The molecule has 0 aliphatic rings. The van der Waals surface area contributed by atoms with E-state index in [0.717, 1.165) is 0 Å². The van der Waals surface area contributed by atoms with Gasteiger partial charge in [-0.05, 0) is 12.3 Å². The summed E-state index contributed by atoms with van der Waals surface area (Å²) in [4.78, 5) is 22.6. The molecule has 1 unspecified atom stereocenters. The van der Waals surface area contributed by atoms with Crippen LogP contribution in [0.15, 0.2) is 10.6 Å². The highest BCUT2D eigenvalue weighted by Crippen LogP contribution is 2.21. The van der Waals surface area contributed by atoms with E-state index in [9.17, 15) is 9.59 Å². The molecule has 0 bridgehead atoms. The summed E-state index contributed by atoms with van der Waals surface area (Å²) >= 11 is 0. The number of nitrogens with zero attached hydrogens (tertiary/aromatic N) is 1. The number of aryl methyl sites for hydroxylation is 1. The van der Waals surface area contributed by atoms with Crippen LogP contribution in [0.5, 0.6) is 0 Å². The van der Waals surface area contributed by atoms with E-state index in [0.29, 0.717) is 11.5 Å². The lowest BCUT2D eigenvalue weighted by molar-refractivity contribution is -0.138. The van der Waals surface area contributed by atoms with Gasteiger partial charge < -0.3 is 20.3 Å². The molecular formula is C13H21N3O4. The quantitative estimate of drug-likeness (QED) is 0.762. The van der Waals surface area contributed by atoms with Crippen LogP contribution in [0, 0.1) is 12.3 Å². The topological polar surface area (TPSA) is 104 Å². The molecule has 0 aliphatic carbocycles. The van der Waals surface area contributed by atoms with Crippen molar-refractivity contribution in [1.82, 2.24) is 15.8 Å². The molecule has 0 aromatic carbocycles. The molecule has 1 aromatic rings. The summed E-state index contributed by atoms with van der Waals surface area (Å²) in [6, 6.07) is 0.838. The summed E-state index contributed by atoms with van der Waals surface area (Å²) in [7, 11) is 0. The Morgan fingerprint density at radius 1 is 1.45 bits per heavy atom. The molecule has 2 amide bonds. The summed E-state index contributed by atoms with van der Waals surface area (Å²) in [6.45, 7) is 7.62. The minimum atomic E-state index is -0.947. The Balaban J connectivity index is 2.51. The average Bonchev–Trinajstić information content (AvgIpc) is 2.70. The van der Waals surface area contributed by atoms with Crippen molar-refractivity contribution in [3.63, 3.8) is 0 Å². The van der Waals surface area contributed by atoms with Crippen molar-refractivity contribution >= 4 is 12.0 Å². The molecule has 0 saturated carbocycles. The number of hydrogen-bond donors (Lipinski definition) is 3. The summed E-state index contributed by atoms with van der Waals surface area (Å²) in [5.41, 5.74) is 0.267. The second kappa shape index (κ2) is 6.40. The largest absolute Gasteiger partial charge is 0.481 e. The van der Waals surface area contributed by atoms with Gasteiger partial charge in [0.25, 0.3) is 0 Å². The highest BCUT2D eigenvalue weighted by molar-refractivity contribution is 5.75. The molecule has 7 nitrogen and oxygen atoms in total. The van der Waals surface area contributed by atoms with E-state index < -0.39 is 18.0 Å². The van der Waals surface area contributed by atoms with Gasteiger partial charge in [0, 0.05) is 12.1 Å². The van der Waals surface area contributed by atoms with Crippen molar-refractivity contribution in [1.29, 1.82) is 0 Å². The minimum Gasteiger partial charge on any atom is -0.481 e. The zero-order chi connectivity index (χ0) is 15.3. The van der Waals surface area contributed by atoms with Gasteiger partial charge in [-0.3, -0.25) is 4.79 Å². The Morgan fingerprint density at radius 2 is 2.10 bits per heavy atom. The fourth-order valence-corrected chi connectivity index (χ4v) is 1.63. The standard InChI is InChI=1S/C13H21N3O4/c1-8-5-9(16-20-8)7-14-12(19)15-10(6-11(17)18)13(2,3)4/h5,10H,6-7H2,1-4H3,(H,17,18)(H2,14,15,19). The Bertz CT molecular complexity index is 476. The monoisotopic (exact) mass is 283 g/mol. The highest BCUT2D eigenvalue weighted by atomic mass is 16.5. The molecular weight excluding hydrogens is 262 g/mol. The molecule has 7 heteroatoms. The Kier molecular flexibility index (Phi) is 5.12. The van der Waals surface area contributed by atoms with Crippen LogP contribution < -0.4 is 10.6 Å². The van der Waals surface area contributed by atoms with Gasteiger partial charge in [0.15, 0.2) is 0 Å². The number of carboxylic acids is 1. The SMILES string of the molecule is Cc1cc(CNC(=O)NC(CC(=O)O)C(C)(C)C)no1. The van der Waals surface area contributed by atoms with Crippen molar-refractivity contribution in [2.45, 2.75) is 46.7 Å². The van der Waals surface area contributed by atoms with Crippen LogP contribution in [0.25, 0.3) is 0 Å². The second-order valence-corrected chi connectivity index (χ2v) is 5.77. The molecule has 0 radical (unpaired) electrons. The van der Waals surface area contributed by atoms with Crippen molar-refractivity contribution < 1.29 is 19.2 Å². The van der Waals surface area contributed by atoms with Gasteiger partial charge in [-0.15, -0.1) is 0 Å². The van der Waals surface area contributed by atoms with E-state index in [2.05, 4.69) is 15.8 Å². The van der Waals surface area contributed by atoms with Gasteiger partial charge in [0.2, 0.25) is 0 Å². The smallest absolute Gasteiger partial charge is 0.315 e. The van der Waals surface area contributed by atoms with Crippen molar-refractivity contribution in [2.24, 2.45) is 5.41 Å². The number of nitrogens with one attached hydrogen (secondary N) is 2. The number of aliphatic carboxylic acids is 1. The van der Waals surface area contributed by atoms with E-state index in [1.54, 1.807) is 13.0 Å². The van der Waals surface area contributed by atoms with E-state index in [1.165, 1.54) is 0 Å². The third-order valence-electron chi connectivity index (χ3n) is 2.84. The molecule has 1 heterocycles. The molecule has 0 fully saturated rings. The predicted molar refractivity (Wildman–Crippen MR) is 72.1 cm³/mol. The first-order chi connectivity index (χ1) is 9.18. The number of rotatable bonds is 5. The van der Waals surface area contributed by atoms with Gasteiger partial charge in [-0.25, -0.2) is 4.79 Å². The van der Waals surface area contributed by atoms with Crippen LogP contribution in [-0.2, 0) is 11.3 Å². The summed E-state index contributed by atoms with van der Waals surface area (Å²) in [6.07, 6.45) is -0.125. The fraction of sp³-hybridized carbons (Fsp3) is 0.615. The molecule has 1 aromatic heterocycles. The zero-order valence-corrected chi connectivity index (χ0v) is 12.2. The van der Waals surface area contributed by atoms with E-state index in [-0.39, 0.29) is 18.4 Å². The van der Waals surface area contributed by atoms with E-state index in [4.69, 9.17) is 9.63 Å². The number of carbonyl (C=O) groups is 2. The maximum atomic E-state index is 11.8. The third kappa shape index (κ3) is 5.29. The molecule has 20 heavy (non-hydrogen) atoms. The molecule has 0 saturated heterocycles. The number of carboxylic acid groups (broad SMARTS) is 1. The molecule has 112 valence electrons. The van der Waals surface area contributed by atoms with Crippen LogP contribution in [-0.4, -0.2) is 28.3 Å². The first-order valence-corrected chi connectivity index (χ1v) is 6.37. The lowest BCUT2D eigenvalue weighted by atomic mass is 9.85. The number of urea groups is 1. The summed E-state index contributed by atoms with van der Waals surface area (Å²) < 4.78 is 4.89. The minimum absolute atomic E-state index is 0.125. The van der Waals surface area contributed by atoms with E-state index >= 15 is 0 Å². The zero-order valence-electron chi connectivity index (χ0n) is 12.2. The summed E-state index contributed by atoms with van der Waals surface area (Å²) in [5.74, 6) is -0.280. The Morgan fingerprint density at radius 3 is 2.55 bits per heavy atom. The van der Waals surface area contributed by atoms with Crippen molar-refractivity contribution in [3.05, 3.63) is 17.5 Å². The lowest BCUT2D eigenvalue weighted by Crippen LogP contribution is -2.48. The van der Waals surface area contributed by atoms with Crippen LogP contribution in [0.3, 0.4) is 0 Å². The van der Waals surface area contributed by atoms with Crippen molar-refractivity contribution in [3.8, 4) is 0 Å². The molecule has 0 aliphatic heterocycles. The van der Waals surface area contributed by atoms with Crippen molar-refractivity contribution in [2.75, 3.05) is 0 Å². The number of hydrogen-bond acceptors (Lipinski definition) is 4. The van der Waals surface area contributed by atoms with Crippen LogP contribution in [0.4, 0.5) is 4.79 Å². The number of carbonyl (C=O) groups excluding carboxylic acids is 1. The van der Waals surface area contributed by atoms with E-state index in [1.807, 2.05) is 20.8 Å². The van der Waals surface area contributed by atoms with Gasteiger partial charge in [0.1, 0.15) is 11.5 Å². The van der Waals surface area contributed by atoms with Crippen LogP contribution in [0.2, 0.25) is 0 Å². The highest BCUT2D eigenvalue weighted by Gasteiger charge is 2.28. The fourth-order valence-electron chi connectivity index (χ4n) is 1.63. The average molecular weight is 283 g/mol.